The van der Waals surface area contributed by atoms with Crippen molar-refractivity contribution in [3.05, 3.63) is 0 Å². The van der Waals surface area contributed by atoms with E-state index >= 15 is 0 Å². The van der Waals surface area contributed by atoms with Gasteiger partial charge in [0.15, 0.2) is 0 Å². The summed E-state index contributed by atoms with van der Waals surface area (Å²) in [6.07, 6.45) is -7.20. The van der Waals surface area contributed by atoms with Crippen molar-refractivity contribution in [3.63, 3.8) is 0 Å². The Kier molecular flexibility index (Phi) is 7.25. The normalized spacial score (nSPS) is 15.6. The molecule has 0 aromatic heterocycles. The van der Waals surface area contributed by atoms with Crippen molar-refractivity contribution in [3.8, 4) is 0 Å². The van der Waals surface area contributed by atoms with Crippen LogP contribution in [0.25, 0.3) is 0 Å². The summed E-state index contributed by atoms with van der Waals surface area (Å²) < 4.78 is 151. The smallest absolute Gasteiger partial charge is 0.303 e. The molecule has 158 valence electrons. The maximum atomic E-state index is 13.5. The van der Waals surface area contributed by atoms with Gasteiger partial charge in [-0.1, -0.05) is 6.92 Å². The minimum Gasteiger partial charge on any atom is -0.303 e. The van der Waals surface area contributed by atoms with Crippen molar-refractivity contribution >= 4 is 17.8 Å². The molecule has 7 nitrogen and oxygen atoms in total. The third-order valence-electron chi connectivity index (χ3n) is 2.73. The Morgan fingerprint density at radius 2 is 1.38 bits per heavy atom. The highest BCUT2D eigenvalue weighted by Gasteiger charge is 2.85. The lowest BCUT2D eigenvalue weighted by molar-refractivity contribution is -0.382. The molecule has 0 spiro atoms. The fraction of sp³-hybridized carbons (Fsp3) is 1.00. The largest absolute Gasteiger partial charge is 0.469 e. The Balaban J connectivity index is 5.88. The molecule has 0 rings (SSSR count). The number of rotatable bonds is 9. The number of alkyl halides is 9. The second kappa shape index (κ2) is 7.43. The number of sulfonamides is 1. The molecule has 0 fully saturated rings. The lowest BCUT2D eigenvalue weighted by Crippen LogP contribution is -2.65. The highest BCUT2D eigenvalue weighted by Crippen LogP contribution is 2.55. The molecular formula is C8H11F9NO6PS. The van der Waals surface area contributed by atoms with E-state index in [1.165, 1.54) is 0 Å². The number of hydrogen-bond donors (Lipinski definition) is 2. The van der Waals surface area contributed by atoms with Gasteiger partial charge in [-0.05, 0) is 0 Å². The molecule has 0 atom stereocenters. The third kappa shape index (κ3) is 4.62. The van der Waals surface area contributed by atoms with Gasteiger partial charge < -0.3 is 9.79 Å². The third-order valence-corrected chi connectivity index (χ3v) is 5.28. The van der Waals surface area contributed by atoms with Crippen LogP contribution in [0.4, 0.5) is 39.5 Å². The van der Waals surface area contributed by atoms with Gasteiger partial charge in [-0.25, -0.2) is 13.0 Å². The SMILES string of the molecule is CCN(CCOP(=O)(O)O)S(=O)(=O)C(F)(F)C(F)(F)C(F)(F)C(F)(F)F. The first-order valence-corrected chi connectivity index (χ1v) is 9.03. The van der Waals surface area contributed by atoms with E-state index in [1.807, 2.05) is 0 Å². The second-order valence-electron chi connectivity index (χ2n) is 4.48. The Bertz CT molecular complexity index is 645. The van der Waals surface area contributed by atoms with Gasteiger partial charge >= 0.3 is 31.1 Å². The lowest BCUT2D eigenvalue weighted by Gasteiger charge is -2.35. The van der Waals surface area contributed by atoms with E-state index in [1.54, 1.807) is 0 Å². The summed E-state index contributed by atoms with van der Waals surface area (Å²) in [5.41, 5.74) is 0. The summed E-state index contributed by atoms with van der Waals surface area (Å²) in [5, 5.41) is -6.92. The van der Waals surface area contributed by atoms with Crippen molar-refractivity contribution in [2.24, 2.45) is 0 Å². The molecule has 2 N–H and O–H groups in total. The van der Waals surface area contributed by atoms with Crippen LogP contribution in [0.15, 0.2) is 0 Å². The maximum Gasteiger partial charge on any atom is 0.469 e. The average Bonchev–Trinajstić information content (AvgIpc) is 2.40. The van der Waals surface area contributed by atoms with Crippen LogP contribution in [0, 0.1) is 0 Å². The lowest BCUT2D eigenvalue weighted by atomic mass is 10.1. The van der Waals surface area contributed by atoms with Crippen molar-refractivity contribution in [2.45, 2.75) is 30.2 Å². The van der Waals surface area contributed by atoms with Crippen LogP contribution in [-0.4, -0.2) is 65.5 Å². The number of phosphoric acid groups is 1. The van der Waals surface area contributed by atoms with Crippen molar-refractivity contribution < 1.29 is 66.8 Å². The fourth-order valence-electron chi connectivity index (χ4n) is 1.39. The van der Waals surface area contributed by atoms with Crippen LogP contribution >= 0.6 is 7.82 Å². The van der Waals surface area contributed by atoms with E-state index in [9.17, 15) is 52.5 Å². The number of halogens is 9. The Hall–Kier alpha value is -0.610. The number of phosphoric ester groups is 1. The molecule has 18 heteroatoms. The molecular weight excluding hydrogens is 440 g/mol. The molecule has 0 radical (unpaired) electrons. The standard InChI is InChI=1S/C8H11F9NO6PS/c1-2-18(3-4-24-25(19,20)21)26(22,23)8(16,17)6(11,12)5(9,10)7(13,14)15/h2-4H2,1H3,(H2,19,20,21). The van der Waals surface area contributed by atoms with Crippen LogP contribution in [0.1, 0.15) is 6.92 Å². The Morgan fingerprint density at radius 3 is 1.69 bits per heavy atom. The van der Waals surface area contributed by atoms with E-state index < -0.39 is 65.1 Å². The first-order chi connectivity index (χ1) is 11.2. The van der Waals surface area contributed by atoms with Gasteiger partial charge in [-0.15, -0.1) is 0 Å². The van der Waals surface area contributed by atoms with Gasteiger partial charge in [0.25, 0.3) is 10.0 Å². The molecule has 0 unspecified atom stereocenters. The first kappa shape index (κ1) is 25.4. The van der Waals surface area contributed by atoms with Crippen LogP contribution in [0.2, 0.25) is 0 Å². The number of nitrogens with zero attached hydrogens (tertiary/aromatic N) is 1. The molecule has 0 saturated heterocycles. The minimum absolute atomic E-state index is 0.691. The Morgan fingerprint density at radius 1 is 0.962 bits per heavy atom. The van der Waals surface area contributed by atoms with Gasteiger partial charge in [-0.3, -0.25) is 4.52 Å². The summed E-state index contributed by atoms with van der Waals surface area (Å²) in [5.74, 6) is -14.8. The quantitative estimate of drug-likeness (QED) is 0.412. The Labute approximate surface area is 140 Å². The molecule has 0 aliphatic carbocycles. The molecule has 0 heterocycles. The molecule has 0 aliphatic rings. The molecule has 0 saturated carbocycles. The molecule has 0 aromatic carbocycles. The van der Waals surface area contributed by atoms with Crippen LogP contribution in [0.3, 0.4) is 0 Å². The predicted octanol–water partition coefficient (Wildman–Crippen LogP) is 2.17. The molecule has 0 amide bonds. The second-order valence-corrected chi connectivity index (χ2v) is 7.70. The van der Waals surface area contributed by atoms with Crippen LogP contribution in [-0.2, 0) is 19.1 Å². The molecule has 26 heavy (non-hydrogen) atoms. The van der Waals surface area contributed by atoms with E-state index in [2.05, 4.69) is 4.52 Å². The summed E-state index contributed by atoms with van der Waals surface area (Å²) >= 11 is 0. The summed E-state index contributed by atoms with van der Waals surface area (Å²) in [6.45, 7) is -3.23. The highest BCUT2D eigenvalue weighted by molar-refractivity contribution is 7.90. The fourth-order valence-corrected chi connectivity index (χ4v) is 3.15. The van der Waals surface area contributed by atoms with Crippen LogP contribution in [0.5, 0.6) is 0 Å². The summed E-state index contributed by atoms with van der Waals surface area (Å²) in [7, 11) is -12.1. The van der Waals surface area contributed by atoms with Gasteiger partial charge in [0.1, 0.15) is 0 Å². The summed E-state index contributed by atoms with van der Waals surface area (Å²) in [4.78, 5) is 16.6. The average molecular weight is 451 g/mol. The topological polar surface area (TPSA) is 104 Å². The van der Waals surface area contributed by atoms with Crippen molar-refractivity contribution in [1.29, 1.82) is 0 Å². The summed E-state index contributed by atoms with van der Waals surface area (Å²) in [6, 6.07) is 0. The first-order valence-electron chi connectivity index (χ1n) is 6.06. The van der Waals surface area contributed by atoms with Gasteiger partial charge in [-0.2, -0.15) is 43.8 Å². The van der Waals surface area contributed by atoms with Crippen molar-refractivity contribution in [1.82, 2.24) is 4.31 Å². The van der Waals surface area contributed by atoms with Gasteiger partial charge in [0.05, 0.1) is 6.61 Å². The zero-order valence-corrected chi connectivity index (χ0v) is 14.1. The molecule has 0 aliphatic heterocycles. The zero-order valence-electron chi connectivity index (χ0n) is 12.4. The van der Waals surface area contributed by atoms with Gasteiger partial charge in [0.2, 0.25) is 0 Å². The zero-order chi connectivity index (χ0) is 21.4. The maximum absolute atomic E-state index is 13.5. The van der Waals surface area contributed by atoms with E-state index in [-0.39, 0.29) is 0 Å². The molecule has 0 aromatic rings. The minimum atomic E-state index is -7.40. The van der Waals surface area contributed by atoms with Gasteiger partial charge in [0, 0.05) is 13.1 Å². The highest BCUT2D eigenvalue weighted by atomic mass is 32.2. The molecule has 0 bridgehead atoms. The van der Waals surface area contributed by atoms with Crippen LogP contribution < -0.4 is 0 Å². The van der Waals surface area contributed by atoms with E-state index in [0.717, 1.165) is 0 Å². The van der Waals surface area contributed by atoms with Crippen molar-refractivity contribution in [2.75, 3.05) is 19.7 Å². The van der Waals surface area contributed by atoms with E-state index in [4.69, 9.17) is 9.79 Å². The number of likely N-dealkylation sites (N-methyl/N-ethyl adjacent to an activating group) is 1. The monoisotopic (exact) mass is 451 g/mol. The number of hydrogen-bond acceptors (Lipinski definition) is 4. The van der Waals surface area contributed by atoms with E-state index in [0.29, 0.717) is 6.92 Å². The predicted molar refractivity (Wildman–Crippen MR) is 65.1 cm³/mol.